The number of aromatic hydroxyl groups is 1. The highest BCUT2D eigenvalue weighted by molar-refractivity contribution is 7.18. The molecule has 0 saturated heterocycles. The molecule has 1 aromatic carbocycles. The van der Waals surface area contributed by atoms with E-state index in [1.807, 2.05) is 0 Å². The lowest BCUT2D eigenvalue weighted by atomic mass is 9.89. The molecule has 0 aliphatic heterocycles. The van der Waals surface area contributed by atoms with Crippen molar-refractivity contribution >= 4 is 27.5 Å². The van der Waals surface area contributed by atoms with Crippen molar-refractivity contribution in [2.24, 2.45) is 5.92 Å². The van der Waals surface area contributed by atoms with Crippen LogP contribution in [0.5, 0.6) is 5.75 Å². The Morgan fingerprint density at radius 3 is 2.92 bits per heavy atom. The van der Waals surface area contributed by atoms with Gasteiger partial charge in [0.05, 0.1) is 10.9 Å². The van der Waals surface area contributed by atoms with E-state index in [9.17, 15) is 14.7 Å². The van der Waals surface area contributed by atoms with E-state index < -0.39 is 5.97 Å². The Morgan fingerprint density at radius 2 is 2.15 bits per heavy atom. The van der Waals surface area contributed by atoms with Crippen molar-refractivity contribution in [3.63, 3.8) is 0 Å². The average Bonchev–Trinajstić information content (AvgIpc) is 2.98. The highest BCUT2D eigenvalue weighted by atomic mass is 32.1. The van der Waals surface area contributed by atoms with E-state index in [0.29, 0.717) is 27.5 Å². The van der Waals surface area contributed by atoms with E-state index in [1.54, 1.807) is 11.3 Å². The minimum absolute atomic E-state index is 0.0778. The first kappa shape index (κ1) is 16.8. The number of aromatic amines is 1. The van der Waals surface area contributed by atoms with E-state index in [0.717, 1.165) is 24.8 Å². The van der Waals surface area contributed by atoms with E-state index in [-0.39, 0.29) is 17.9 Å². The number of benzene rings is 1. The summed E-state index contributed by atoms with van der Waals surface area (Å²) in [4.78, 5) is 33.7. The lowest BCUT2D eigenvalue weighted by molar-refractivity contribution is 0.0462. The predicted molar refractivity (Wildman–Crippen MR) is 98.7 cm³/mol. The standard InChI is InChI=1S/C19H18N2O4S/c1-10-2-7-13-14(8-10)26-18-16(13)17(23)20-15(21-18)9-25-19(24)11-3-5-12(22)6-4-11/h3-6,10,22H,2,7-9H2,1H3,(H,20,21,23). The third kappa shape index (κ3) is 3.10. The van der Waals surface area contributed by atoms with Crippen molar-refractivity contribution in [3.8, 4) is 5.75 Å². The molecule has 1 atom stereocenters. The SMILES string of the molecule is CC1CCc2c(sc3nc(COC(=O)c4ccc(O)cc4)[nH]c(=O)c23)C1. The molecule has 6 nitrogen and oxygen atoms in total. The molecule has 7 heteroatoms. The number of phenolic OH excluding ortho intramolecular Hbond substituents is 1. The molecule has 1 aliphatic rings. The number of nitrogens with one attached hydrogen (secondary N) is 1. The first-order valence-corrected chi connectivity index (χ1v) is 9.32. The summed E-state index contributed by atoms with van der Waals surface area (Å²) in [6.07, 6.45) is 2.99. The summed E-state index contributed by atoms with van der Waals surface area (Å²) in [5.74, 6) is 0.502. The molecule has 0 bridgehead atoms. The minimum Gasteiger partial charge on any atom is -0.508 e. The van der Waals surface area contributed by atoms with E-state index in [1.165, 1.54) is 29.1 Å². The molecule has 0 spiro atoms. The molecule has 26 heavy (non-hydrogen) atoms. The predicted octanol–water partition coefficient (Wildman–Crippen LogP) is 3.17. The van der Waals surface area contributed by atoms with Crippen LogP contribution in [0.2, 0.25) is 0 Å². The molecule has 2 heterocycles. The van der Waals surface area contributed by atoms with Crippen LogP contribution in [-0.4, -0.2) is 21.0 Å². The highest BCUT2D eigenvalue weighted by Gasteiger charge is 2.23. The lowest BCUT2D eigenvalue weighted by Gasteiger charge is -2.17. The van der Waals surface area contributed by atoms with Crippen molar-refractivity contribution in [1.29, 1.82) is 0 Å². The van der Waals surface area contributed by atoms with Gasteiger partial charge in [-0.3, -0.25) is 4.79 Å². The number of fused-ring (bicyclic) bond motifs is 3. The molecule has 1 aliphatic carbocycles. The Kier molecular flexibility index (Phi) is 4.24. The zero-order valence-corrected chi connectivity index (χ0v) is 15.1. The molecule has 2 N–H and O–H groups in total. The number of rotatable bonds is 3. The molecule has 1 unspecified atom stereocenters. The number of carbonyl (C=O) groups is 1. The van der Waals surface area contributed by atoms with E-state index in [4.69, 9.17) is 4.74 Å². The molecule has 2 aromatic heterocycles. The quantitative estimate of drug-likeness (QED) is 0.691. The summed E-state index contributed by atoms with van der Waals surface area (Å²) in [5, 5.41) is 9.95. The van der Waals surface area contributed by atoms with Crippen molar-refractivity contribution in [1.82, 2.24) is 9.97 Å². The van der Waals surface area contributed by atoms with Crippen LogP contribution in [0.1, 0.15) is 40.0 Å². The number of phenols is 1. The Morgan fingerprint density at radius 1 is 1.38 bits per heavy atom. The van der Waals surface area contributed by atoms with Crippen molar-refractivity contribution < 1.29 is 14.6 Å². The number of esters is 1. The normalized spacial score (nSPS) is 16.4. The Labute approximate surface area is 153 Å². The van der Waals surface area contributed by atoms with Gasteiger partial charge in [-0.1, -0.05) is 6.92 Å². The Hall–Kier alpha value is -2.67. The second-order valence-electron chi connectivity index (χ2n) is 6.67. The van der Waals surface area contributed by atoms with Gasteiger partial charge >= 0.3 is 5.97 Å². The first-order chi connectivity index (χ1) is 12.5. The average molecular weight is 370 g/mol. The first-order valence-electron chi connectivity index (χ1n) is 8.51. The number of carbonyl (C=O) groups excluding carboxylic acids is 1. The van der Waals surface area contributed by atoms with Crippen LogP contribution in [0.3, 0.4) is 0 Å². The largest absolute Gasteiger partial charge is 0.508 e. The van der Waals surface area contributed by atoms with Gasteiger partial charge < -0.3 is 14.8 Å². The molecular weight excluding hydrogens is 352 g/mol. The van der Waals surface area contributed by atoms with Crippen LogP contribution >= 0.6 is 11.3 Å². The molecule has 0 amide bonds. The van der Waals surface area contributed by atoms with Crippen LogP contribution in [0.25, 0.3) is 10.2 Å². The Bertz CT molecular complexity index is 1040. The third-order valence-corrected chi connectivity index (χ3v) is 5.81. The molecule has 134 valence electrons. The van der Waals surface area contributed by atoms with Gasteiger partial charge in [-0.05, 0) is 55.0 Å². The van der Waals surface area contributed by atoms with Gasteiger partial charge in [0.2, 0.25) is 0 Å². The van der Waals surface area contributed by atoms with Gasteiger partial charge in [-0.25, -0.2) is 9.78 Å². The number of hydrogen-bond acceptors (Lipinski definition) is 6. The Balaban J connectivity index is 1.57. The van der Waals surface area contributed by atoms with E-state index >= 15 is 0 Å². The van der Waals surface area contributed by atoms with Crippen molar-refractivity contribution in [2.45, 2.75) is 32.8 Å². The van der Waals surface area contributed by atoms with Gasteiger partial charge in [-0.15, -0.1) is 11.3 Å². The second kappa shape index (κ2) is 6.57. The lowest BCUT2D eigenvalue weighted by Crippen LogP contribution is -2.16. The van der Waals surface area contributed by atoms with Gasteiger partial charge in [0.25, 0.3) is 5.56 Å². The molecule has 4 rings (SSSR count). The third-order valence-electron chi connectivity index (χ3n) is 4.66. The topological polar surface area (TPSA) is 92.3 Å². The number of H-pyrrole nitrogens is 1. The van der Waals surface area contributed by atoms with Crippen molar-refractivity contribution in [2.75, 3.05) is 0 Å². The highest BCUT2D eigenvalue weighted by Crippen LogP contribution is 2.35. The minimum atomic E-state index is -0.535. The van der Waals surface area contributed by atoms with Gasteiger partial charge in [-0.2, -0.15) is 0 Å². The summed E-state index contributed by atoms with van der Waals surface area (Å²) in [7, 11) is 0. The summed E-state index contributed by atoms with van der Waals surface area (Å²) in [6, 6.07) is 5.79. The maximum Gasteiger partial charge on any atom is 0.338 e. The maximum atomic E-state index is 12.5. The van der Waals surface area contributed by atoms with Crippen LogP contribution in [0.15, 0.2) is 29.1 Å². The van der Waals surface area contributed by atoms with Crippen LogP contribution in [0.4, 0.5) is 0 Å². The molecule has 3 aromatic rings. The van der Waals surface area contributed by atoms with Crippen LogP contribution < -0.4 is 5.56 Å². The van der Waals surface area contributed by atoms with Crippen molar-refractivity contribution in [3.05, 3.63) is 56.4 Å². The smallest absolute Gasteiger partial charge is 0.338 e. The molecule has 0 saturated carbocycles. The second-order valence-corrected chi connectivity index (χ2v) is 7.75. The number of aromatic nitrogens is 2. The fraction of sp³-hybridized carbons (Fsp3) is 0.316. The zero-order chi connectivity index (χ0) is 18.3. The fourth-order valence-electron chi connectivity index (χ4n) is 3.28. The number of ether oxygens (including phenoxy) is 1. The number of aryl methyl sites for hydroxylation is 1. The summed E-state index contributed by atoms with van der Waals surface area (Å²) >= 11 is 1.56. The summed E-state index contributed by atoms with van der Waals surface area (Å²) < 4.78 is 5.23. The molecule has 0 radical (unpaired) electrons. The van der Waals surface area contributed by atoms with Crippen LogP contribution in [-0.2, 0) is 24.2 Å². The number of thiophene rings is 1. The zero-order valence-electron chi connectivity index (χ0n) is 14.2. The van der Waals surface area contributed by atoms with Gasteiger partial charge in [0.15, 0.2) is 0 Å². The van der Waals surface area contributed by atoms with Gasteiger partial charge in [0, 0.05) is 4.88 Å². The number of hydrogen-bond donors (Lipinski definition) is 2. The van der Waals surface area contributed by atoms with Gasteiger partial charge in [0.1, 0.15) is 23.0 Å². The van der Waals surface area contributed by atoms with E-state index in [2.05, 4.69) is 16.9 Å². The fourth-order valence-corrected chi connectivity index (χ4v) is 4.68. The maximum absolute atomic E-state index is 12.5. The molecule has 0 fully saturated rings. The summed E-state index contributed by atoms with van der Waals surface area (Å²) in [5.41, 5.74) is 1.29. The monoisotopic (exact) mass is 370 g/mol. The molecular formula is C19H18N2O4S. The van der Waals surface area contributed by atoms with Crippen LogP contribution in [0, 0.1) is 5.92 Å². The summed E-state index contributed by atoms with van der Waals surface area (Å²) in [6.45, 7) is 2.11. The number of nitrogens with zero attached hydrogens (tertiary/aromatic N) is 1.